The van der Waals surface area contributed by atoms with Gasteiger partial charge >= 0.3 is 0 Å². The van der Waals surface area contributed by atoms with Crippen molar-refractivity contribution in [2.45, 2.75) is 26.1 Å². The summed E-state index contributed by atoms with van der Waals surface area (Å²) in [7, 11) is 1.84. The molecule has 0 aromatic rings. The van der Waals surface area contributed by atoms with E-state index in [9.17, 15) is 4.79 Å². The smallest absolute Gasteiger partial charge is 0.226 e. The highest BCUT2D eigenvalue weighted by Gasteiger charge is 2.29. The van der Waals surface area contributed by atoms with Crippen LogP contribution in [0.25, 0.3) is 0 Å². The Bertz CT molecular complexity index is 235. The van der Waals surface area contributed by atoms with Crippen LogP contribution in [0.3, 0.4) is 0 Å². The largest absolute Gasteiger partial charge is 0.394 e. The van der Waals surface area contributed by atoms with Gasteiger partial charge in [0.25, 0.3) is 0 Å². The molecule has 1 saturated heterocycles. The van der Waals surface area contributed by atoms with Gasteiger partial charge in [0.2, 0.25) is 5.91 Å². The van der Waals surface area contributed by atoms with E-state index < -0.39 is 0 Å². The maximum Gasteiger partial charge on any atom is 0.226 e. The number of nitrogens with zero attached hydrogens (tertiary/aromatic N) is 1. The number of amides is 1. The second-order valence-corrected chi connectivity index (χ2v) is 4.45. The summed E-state index contributed by atoms with van der Waals surface area (Å²) in [6.07, 6.45) is -0.244. The molecule has 16 heavy (non-hydrogen) atoms. The number of carbonyl (C=O) groups excluding carboxylic acids is 1. The number of ether oxygens (including phenoxy) is 1. The van der Waals surface area contributed by atoms with Crippen LogP contribution in [-0.2, 0) is 9.53 Å². The summed E-state index contributed by atoms with van der Waals surface area (Å²) < 4.78 is 5.50. The lowest BCUT2D eigenvalue weighted by molar-refractivity contribution is -0.150. The molecular formula is C11H22N2O3. The van der Waals surface area contributed by atoms with Gasteiger partial charge in [0, 0.05) is 25.6 Å². The first-order chi connectivity index (χ1) is 7.58. The van der Waals surface area contributed by atoms with E-state index in [0.717, 1.165) is 0 Å². The van der Waals surface area contributed by atoms with Crippen LogP contribution in [0.1, 0.15) is 13.8 Å². The van der Waals surface area contributed by atoms with E-state index in [1.165, 1.54) is 0 Å². The topological polar surface area (TPSA) is 61.8 Å². The molecule has 1 amide bonds. The molecule has 0 radical (unpaired) electrons. The van der Waals surface area contributed by atoms with Crippen molar-refractivity contribution >= 4 is 5.91 Å². The molecule has 0 aromatic carbocycles. The maximum absolute atomic E-state index is 12.0. The third-order valence-corrected chi connectivity index (χ3v) is 2.77. The number of hydrogen-bond donors (Lipinski definition) is 2. The van der Waals surface area contributed by atoms with Crippen molar-refractivity contribution in [2.24, 2.45) is 5.92 Å². The van der Waals surface area contributed by atoms with Gasteiger partial charge in [-0.15, -0.1) is 0 Å². The molecule has 0 aromatic heterocycles. The minimum Gasteiger partial charge on any atom is -0.394 e. The lowest BCUT2D eigenvalue weighted by Gasteiger charge is -2.37. The van der Waals surface area contributed by atoms with Gasteiger partial charge in [-0.2, -0.15) is 0 Å². The monoisotopic (exact) mass is 230 g/mol. The number of rotatable bonds is 4. The number of morpholine rings is 1. The maximum atomic E-state index is 12.0. The standard InChI is InChI=1S/C11H22N2O3/c1-8(4-12-3)11(15)13-5-9(2)16-10(6-13)7-14/h8-10,12,14H,4-7H2,1-3H3. The molecular weight excluding hydrogens is 208 g/mol. The van der Waals surface area contributed by atoms with E-state index in [4.69, 9.17) is 9.84 Å². The van der Waals surface area contributed by atoms with Crippen molar-refractivity contribution in [1.29, 1.82) is 0 Å². The van der Waals surface area contributed by atoms with Crippen LogP contribution in [0.2, 0.25) is 0 Å². The Morgan fingerprint density at radius 1 is 1.62 bits per heavy atom. The average Bonchev–Trinajstić information content (AvgIpc) is 2.27. The van der Waals surface area contributed by atoms with E-state index in [2.05, 4.69) is 5.32 Å². The summed E-state index contributed by atoms with van der Waals surface area (Å²) in [5.41, 5.74) is 0. The fraction of sp³-hybridized carbons (Fsp3) is 0.909. The molecule has 5 nitrogen and oxygen atoms in total. The quantitative estimate of drug-likeness (QED) is 0.680. The lowest BCUT2D eigenvalue weighted by atomic mass is 10.1. The first-order valence-electron chi connectivity index (χ1n) is 5.78. The van der Waals surface area contributed by atoms with Crippen molar-refractivity contribution in [2.75, 3.05) is 33.3 Å². The van der Waals surface area contributed by atoms with E-state index in [1.54, 1.807) is 4.90 Å². The Labute approximate surface area is 96.8 Å². The number of hydrogen-bond acceptors (Lipinski definition) is 4. The predicted octanol–water partition coefficient (Wildman–Crippen LogP) is -0.550. The predicted molar refractivity (Wildman–Crippen MR) is 61.1 cm³/mol. The molecule has 1 heterocycles. The van der Waals surface area contributed by atoms with Crippen molar-refractivity contribution < 1.29 is 14.6 Å². The summed E-state index contributed by atoms with van der Waals surface area (Å²) in [5.74, 6) is 0.0950. The normalized spacial score (nSPS) is 27.9. The van der Waals surface area contributed by atoms with E-state index in [-0.39, 0.29) is 30.6 Å². The minimum atomic E-state index is -0.241. The summed E-state index contributed by atoms with van der Waals surface area (Å²) in [5, 5.41) is 12.1. The Morgan fingerprint density at radius 2 is 2.31 bits per heavy atom. The van der Waals surface area contributed by atoms with Crippen LogP contribution in [0.15, 0.2) is 0 Å². The van der Waals surface area contributed by atoms with Crippen molar-refractivity contribution in [3.8, 4) is 0 Å². The Kier molecular flexibility index (Phi) is 5.18. The molecule has 1 aliphatic heterocycles. The first kappa shape index (κ1) is 13.4. The van der Waals surface area contributed by atoms with Gasteiger partial charge in [-0.25, -0.2) is 0 Å². The summed E-state index contributed by atoms with van der Waals surface area (Å²) in [6, 6.07) is 0. The van der Waals surface area contributed by atoms with Gasteiger partial charge in [-0.05, 0) is 14.0 Å². The van der Waals surface area contributed by atoms with Crippen LogP contribution < -0.4 is 5.32 Å². The van der Waals surface area contributed by atoms with Gasteiger partial charge in [-0.3, -0.25) is 4.79 Å². The van der Waals surface area contributed by atoms with Gasteiger partial charge < -0.3 is 20.1 Å². The Balaban J connectivity index is 2.54. The molecule has 1 rings (SSSR count). The molecule has 1 fully saturated rings. The molecule has 3 atom stereocenters. The van der Waals surface area contributed by atoms with Gasteiger partial charge in [-0.1, -0.05) is 6.92 Å². The molecule has 3 unspecified atom stereocenters. The Hall–Kier alpha value is -0.650. The molecule has 1 aliphatic rings. The third kappa shape index (κ3) is 3.43. The van der Waals surface area contributed by atoms with Crippen LogP contribution in [-0.4, -0.2) is 61.4 Å². The molecule has 0 aliphatic carbocycles. The fourth-order valence-corrected chi connectivity index (χ4v) is 2.03. The zero-order valence-electron chi connectivity index (χ0n) is 10.3. The zero-order chi connectivity index (χ0) is 12.1. The second kappa shape index (κ2) is 6.18. The molecule has 0 spiro atoms. The van der Waals surface area contributed by atoms with E-state index in [1.807, 2.05) is 20.9 Å². The lowest BCUT2D eigenvalue weighted by Crippen LogP contribution is -2.52. The molecule has 5 heteroatoms. The summed E-state index contributed by atoms with van der Waals surface area (Å²) in [4.78, 5) is 13.8. The molecule has 0 bridgehead atoms. The number of aliphatic hydroxyl groups is 1. The highest BCUT2D eigenvalue weighted by molar-refractivity contribution is 5.78. The molecule has 0 saturated carbocycles. The summed E-state index contributed by atoms with van der Waals surface area (Å²) in [6.45, 7) is 5.58. The van der Waals surface area contributed by atoms with Gasteiger partial charge in [0.1, 0.15) is 0 Å². The van der Waals surface area contributed by atoms with Crippen LogP contribution in [0.5, 0.6) is 0 Å². The van der Waals surface area contributed by atoms with Crippen molar-refractivity contribution in [3.05, 3.63) is 0 Å². The van der Waals surface area contributed by atoms with Gasteiger partial charge in [0.15, 0.2) is 0 Å². The fourth-order valence-electron chi connectivity index (χ4n) is 2.03. The van der Waals surface area contributed by atoms with Crippen LogP contribution in [0.4, 0.5) is 0 Å². The highest BCUT2D eigenvalue weighted by Crippen LogP contribution is 2.13. The van der Waals surface area contributed by atoms with E-state index in [0.29, 0.717) is 19.6 Å². The average molecular weight is 230 g/mol. The molecule has 94 valence electrons. The number of aliphatic hydroxyl groups excluding tert-OH is 1. The third-order valence-electron chi connectivity index (χ3n) is 2.77. The number of carbonyl (C=O) groups is 1. The molecule has 2 N–H and O–H groups in total. The first-order valence-corrected chi connectivity index (χ1v) is 5.78. The highest BCUT2D eigenvalue weighted by atomic mass is 16.5. The van der Waals surface area contributed by atoms with E-state index >= 15 is 0 Å². The summed E-state index contributed by atoms with van der Waals surface area (Å²) >= 11 is 0. The number of nitrogens with one attached hydrogen (secondary N) is 1. The SMILES string of the molecule is CNCC(C)C(=O)N1CC(C)OC(CO)C1. The Morgan fingerprint density at radius 3 is 2.88 bits per heavy atom. The van der Waals surface area contributed by atoms with Crippen molar-refractivity contribution in [3.63, 3.8) is 0 Å². The second-order valence-electron chi connectivity index (χ2n) is 4.45. The van der Waals surface area contributed by atoms with Gasteiger partial charge in [0.05, 0.1) is 18.8 Å². The van der Waals surface area contributed by atoms with Crippen LogP contribution in [0, 0.1) is 5.92 Å². The minimum absolute atomic E-state index is 0.00312. The zero-order valence-corrected chi connectivity index (χ0v) is 10.3. The van der Waals surface area contributed by atoms with Crippen LogP contribution >= 0.6 is 0 Å². The van der Waals surface area contributed by atoms with Crippen molar-refractivity contribution in [1.82, 2.24) is 10.2 Å².